The number of nitrogens with two attached hydrogens (primary N) is 1. The topological polar surface area (TPSA) is 29.9 Å². The van der Waals surface area contributed by atoms with E-state index in [1.807, 2.05) is 30.3 Å². The molecule has 0 saturated heterocycles. The maximum atomic E-state index is 6.08. The second-order valence-corrected chi connectivity index (χ2v) is 5.39. The molecular formula is C16H15N2S+. The number of para-hydroxylation sites is 1. The number of anilines is 1. The summed E-state index contributed by atoms with van der Waals surface area (Å²) < 4.78 is 3.37. The molecule has 0 aliphatic heterocycles. The van der Waals surface area contributed by atoms with Crippen molar-refractivity contribution in [3.05, 3.63) is 66.2 Å². The minimum atomic E-state index is 0.796. The van der Waals surface area contributed by atoms with Crippen molar-refractivity contribution < 1.29 is 4.57 Å². The van der Waals surface area contributed by atoms with Gasteiger partial charge in [0.05, 0.1) is 4.70 Å². The molecule has 3 aromatic rings. The highest BCUT2D eigenvalue weighted by Crippen LogP contribution is 2.21. The number of rotatable bonds is 3. The molecule has 94 valence electrons. The number of hydrogen-bond acceptors (Lipinski definition) is 2. The number of nitrogen functional groups attached to an aromatic ring is 1. The molecule has 19 heavy (non-hydrogen) atoms. The molecule has 2 N–H and O–H groups in total. The number of hydrogen-bond donors (Lipinski definition) is 1. The molecule has 0 aliphatic rings. The molecule has 0 saturated carbocycles. The zero-order valence-corrected chi connectivity index (χ0v) is 11.3. The van der Waals surface area contributed by atoms with Crippen LogP contribution in [0.4, 0.5) is 5.13 Å². The fraction of sp³-hybridized carbons (Fsp3) is 0.0625. The number of thiazole rings is 1. The Hall–Kier alpha value is -2.13. The van der Waals surface area contributed by atoms with Gasteiger partial charge in [-0.3, -0.25) is 5.73 Å². The van der Waals surface area contributed by atoms with Crippen molar-refractivity contribution in [1.82, 2.24) is 0 Å². The summed E-state index contributed by atoms with van der Waals surface area (Å²) in [6.45, 7) is 0.796. The van der Waals surface area contributed by atoms with Crippen LogP contribution in [0.25, 0.3) is 16.3 Å². The Morgan fingerprint density at radius 3 is 2.58 bits per heavy atom. The molecule has 0 radical (unpaired) electrons. The number of fused-ring (bicyclic) bond motifs is 1. The van der Waals surface area contributed by atoms with E-state index in [1.165, 1.54) is 15.8 Å². The van der Waals surface area contributed by atoms with Gasteiger partial charge in [0, 0.05) is 0 Å². The predicted molar refractivity (Wildman–Crippen MR) is 81.9 cm³/mol. The lowest BCUT2D eigenvalue weighted by Crippen LogP contribution is -2.34. The highest BCUT2D eigenvalue weighted by Gasteiger charge is 2.12. The number of aromatic nitrogens is 1. The standard InChI is InChI=1S/C16H14N2S/c17-16-18(14-10-4-5-11-15(14)19-16)12-6-9-13-7-2-1-3-8-13/h1-11,17H,12H2/p+1/b9-6+. The van der Waals surface area contributed by atoms with Gasteiger partial charge in [0.2, 0.25) is 0 Å². The van der Waals surface area contributed by atoms with E-state index in [2.05, 4.69) is 41.0 Å². The van der Waals surface area contributed by atoms with Crippen LogP contribution in [0.15, 0.2) is 60.7 Å². The summed E-state index contributed by atoms with van der Waals surface area (Å²) in [5, 5.41) is 0.846. The third-order valence-corrected chi connectivity index (χ3v) is 4.03. The summed E-state index contributed by atoms with van der Waals surface area (Å²) in [4.78, 5) is 0. The predicted octanol–water partition coefficient (Wildman–Crippen LogP) is 3.48. The third kappa shape index (κ3) is 2.51. The molecule has 0 amide bonds. The normalized spacial score (nSPS) is 11.4. The van der Waals surface area contributed by atoms with Gasteiger partial charge < -0.3 is 0 Å². The highest BCUT2D eigenvalue weighted by molar-refractivity contribution is 7.21. The van der Waals surface area contributed by atoms with Gasteiger partial charge in [-0.1, -0.05) is 48.5 Å². The first-order valence-corrected chi connectivity index (χ1v) is 7.05. The molecule has 1 heterocycles. The molecule has 1 aromatic heterocycles. The van der Waals surface area contributed by atoms with Crippen molar-refractivity contribution in [3.8, 4) is 0 Å². The van der Waals surface area contributed by atoms with E-state index in [-0.39, 0.29) is 0 Å². The first-order valence-electron chi connectivity index (χ1n) is 6.23. The average Bonchev–Trinajstić information content (AvgIpc) is 2.76. The van der Waals surface area contributed by atoms with Crippen molar-refractivity contribution in [3.63, 3.8) is 0 Å². The van der Waals surface area contributed by atoms with Gasteiger partial charge in [-0.25, -0.2) is 4.57 Å². The molecule has 0 bridgehead atoms. The van der Waals surface area contributed by atoms with Crippen molar-refractivity contribution in [2.45, 2.75) is 6.54 Å². The first-order chi connectivity index (χ1) is 9.34. The summed E-state index contributed by atoms with van der Waals surface area (Å²) >= 11 is 1.63. The van der Waals surface area contributed by atoms with Gasteiger partial charge in [-0.2, -0.15) is 0 Å². The molecule has 2 aromatic carbocycles. The van der Waals surface area contributed by atoms with Crippen LogP contribution in [-0.4, -0.2) is 0 Å². The van der Waals surface area contributed by atoms with Crippen molar-refractivity contribution in [2.75, 3.05) is 5.73 Å². The third-order valence-electron chi connectivity index (χ3n) is 3.03. The van der Waals surface area contributed by atoms with Crippen LogP contribution < -0.4 is 10.3 Å². The Morgan fingerprint density at radius 1 is 1.00 bits per heavy atom. The molecular weight excluding hydrogens is 252 g/mol. The maximum absolute atomic E-state index is 6.08. The summed E-state index contributed by atoms with van der Waals surface area (Å²) in [6.07, 6.45) is 4.27. The Kier molecular flexibility index (Phi) is 3.29. The molecule has 2 nitrogen and oxygen atoms in total. The Balaban J connectivity index is 1.86. The number of nitrogens with zero attached hydrogens (tertiary/aromatic N) is 1. The Morgan fingerprint density at radius 2 is 1.74 bits per heavy atom. The van der Waals surface area contributed by atoms with Crippen LogP contribution in [0.5, 0.6) is 0 Å². The minimum Gasteiger partial charge on any atom is -0.278 e. The maximum Gasteiger partial charge on any atom is 0.332 e. The van der Waals surface area contributed by atoms with Gasteiger partial charge in [0.15, 0.2) is 0 Å². The lowest BCUT2D eigenvalue weighted by Gasteiger charge is -1.95. The summed E-state index contributed by atoms with van der Waals surface area (Å²) in [5.41, 5.74) is 8.49. The number of allylic oxidation sites excluding steroid dienone is 1. The van der Waals surface area contributed by atoms with E-state index in [0.29, 0.717) is 0 Å². The van der Waals surface area contributed by atoms with Crippen LogP contribution in [0.3, 0.4) is 0 Å². The van der Waals surface area contributed by atoms with Crippen LogP contribution in [0.2, 0.25) is 0 Å². The fourth-order valence-corrected chi connectivity index (χ4v) is 3.04. The van der Waals surface area contributed by atoms with Gasteiger partial charge in [0.1, 0.15) is 12.1 Å². The first kappa shape index (κ1) is 11.9. The number of benzene rings is 2. The average molecular weight is 267 g/mol. The second kappa shape index (κ2) is 5.24. The Bertz CT molecular complexity index is 714. The van der Waals surface area contributed by atoms with Crippen molar-refractivity contribution in [1.29, 1.82) is 0 Å². The van der Waals surface area contributed by atoms with Gasteiger partial charge in [0.25, 0.3) is 0 Å². The lowest BCUT2D eigenvalue weighted by molar-refractivity contribution is -0.642. The van der Waals surface area contributed by atoms with Crippen molar-refractivity contribution in [2.24, 2.45) is 0 Å². The quantitative estimate of drug-likeness (QED) is 0.723. The molecule has 0 aliphatic carbocycles. The second-order valence-electron chi connectivity index (χ2n) is 4.33. The zero-order chi connectivity index (χ0) is 13.1. The van der Waals surface area contributed by atoms with Gasteiger partial charge >= 0.3 is 5.13 Å². The molecule has 0 atom stereocenters. The van der Waals surface area contributed by atoms with E-state index in [4.69, 9.17) is 5.73 Å². The van der Waals surface area contributed by atoms with Crippen LogP contribution >= 0.6 is 11.3 Å². The van der Waals surface area contributed by atoms with Gasteiger partial charge in [-0.15, -0.1) is 0 Å². The molecule has 0 fully saturated rings. The SMILES string of the molecule is Nc1sc2ccccc2[n+]1C/C=C/c1ccccc1. The van der Waals surface area contributed by atoms with Gasteiger partial charge in [-0.05, 0) is 35.1 Å². The lowest BCUT2D eigenvalue weighted by atomic mass is 10.2. The summed E-state index contributed by atoms with van der Waals surface area (Å²) in [7, 11) is 0. The molecule has 0 spiro atoms. The van der Waals surface area contributed by atoms with E-state index in [1.54, 1.807) is 11.3 Å². The van der Waals surface area contributed by atoms with Crippen LogP contribution in [0.1, 0.15) is 5.56 Å². The molecule has 0 unspecified atom stereocenters. The van der Waals surface area contributed by atoms with Crippen LogP contribution in [-0.2, 0) is 6.54 Å². The smallest absolute Gasteiger partial charge is 0.278 e. The van der Waals surface area contributed by atoms with E-state index in [0.717, 1.165) is 11.7 Å². The van der Waals surface area contributed by atoms with Crippen molar-refractivity contribution >= 4 is 32.8 Å². The fourth-order valence-electron chi connectivity index (χ4n) is 2.10. The highest BCUT2D eigenvalue weighted by atomic mass is 32.1. The largest absolute Gasteiger partial charge is 0.332 e. The van der Waals surface area contributed by atoms with E-state index >= 15 is 0 Å². The summed E-state index contributed by atoms with van der Waals surface area (Å²) in [5.74, 6) is 0. The van der Waals surface area contributed by atoms with E-state index < -0.39 is 0 Å². The monoisotopic (exact) mass is 267 g/mol. The Labute approximate surface area is 116 Å². The van der Waals surface area contributed by atoms with E-state index in [9.17, 15) is 0 Å². The zero-order valence-electron chi connectivity index (χ0n) is 10.5. The molecule has 3 heteroatoms. The minimum absolute atomic E-state index is 0.796. The molecule has 3 rings (SSSR count). The van der Waals surface area contributed by atoms with Crippen LogP contribution in [0, 0.1) is 0 Å². The summed E-state index contributed by atoms with van der Waals surface area (Å²) in [6, 6.07) is 18.6.